The summed E-state index contributed by atoms with van der Waals surface area (Å²) >= 11 is 0. The fourth-order valence-corrected chi connectivity index (χ4v) is 2.35. The van der Waals surface area contributed by atoms with Crippen molar-refractivity contribution in [1.29, 1.82) is 0 Å². The van der Waals surface area contributed by atoms with Crippen LogP contribution in [-0.4, -0.2) is 47.0 Å². The van der Waals surface area contributed by atoms with Crippen molar-refractivity contribution in [2.45, 2.75) is 32.5 Å². The lowest BCUT2D eigenvalue weighted by molar-refractivity contribution is -0.0333. The SMILES string of the molecule is CCn1cc(C(CN)N2CCOC(C)C2)cn1. The number of ether oxygens (including phenoxy) is 1. The second-order valence-corrected chi connectivity index (χ2v) is 4.56. The lowest BCUT2D eigenvalue weighted by Crippen LogP contribution is -2.45. The standard InChI is InChI=1S/C12H22N4O/c1-3-16-9-11(7-14-16)12(6-13)15-4-5-17-10(2)8-15/h7,9-10,12H,3-6,8,13H2,1-2H3. The van der Waals surface area contributed by atoms with Crippen LogP contribution in [0.15, 0.2) is 12.4 Å². The molecule has 2 rings (SSSR count). The van der Waals surface area contributed by atoms with Gasteiger partial charge in [-0.05, 0) is 13.8 Å². The van der Waals surface area contributed by atoms with E-state index in [0.29, 0.717) is 12.6 Å². The van der Waals surface area contributed by atoms with Crippen LogP contribution < -0.4 is 5.73 Å². The second kappa shape index (κ2) is 5.62. The first-order chi connectivity index (χ1) is 8.24. The highest BCUT2D eigenvalue weighted by atomic mass is 16.5. The fourth-order valence-electron chi connectivity index (χ4n) is 2.35. The molecule has 0 radical (unpaired) electrons. The van der Waals surface area contributed by atoms with Gasteiger partial charge < -0.3 is 10.5 Å². The number of hydrogen-bond acceptors (Lipinski definition) is 4. The molecule has 0 bridgehead atoms. The molecule has 1 aliphatic rings. The molecule has 1 aromatic heterocycles. The van der Waals surface area contributed by atoms with Gasteiger partial charge in [-0.25, -0.2) is 0 Å². The molecular weight excluding hydrogens is 216 g/mol. The van der Waals surface area contributed by atoms with Gasteiger partial charge in [-0.1, -0.05) is 0 Å². The normalized spacial score (nSPS) is 23.8. The monoisotopic (exact) mass is 238 g/mol. The molecule has 2 atom stereocenters. The number of morpholine rings is 1. The Morgan fingerprint density at radius 3 is 3.06 bits per heavy atom. The summed E-state index contributed by atoms with van der Waals surface area (Å²) in [6.45, 7) is 8.40. The van der Waals surface area contributed by atoms with E-state index in [1.54, 1.807) is 0 Å². The van der Waals surface area contributed by atoms with Crippen molar-refractivity contribution in [2.24, 2.45) is 5.73 Å². The summed E-state index contributed by atoms with van der Waals surface area (Å²) < 4.78 is 7.51. The van der Waals surface area contributed by atoms with Crippen LogP contribution >= 0.6 is 0 Å². The molecule has 2 heterocycles. The molecule has 1 aromatic rings. The summed E-state index contributed by atoms with van der Waals surface area (Å²) in [6, 6.07) is 0.265. The molecule has 0 spiro atoms. The first-order valence-electron chi connectivity index (χ1n) is 6.32. The van der Waals surface area contributed by atoms with E-state index in [4.69, 9.17) is 10.5 Å². The Kier molecular flexibility index (Phi) is 4.15. The Labute approximate surface area is 103 Å². The number of rotatable bonds is 4. The summed E-state index contributed by atoms with van der Waals surface area (Å²) in [7, 11) is 0. The van der Waals surface area contributed by atoms with Gasteiger partial charge in [0.25, 0.3) is 0 Å². The Morgan fingerprint density at radius 1 is 1.65 bits per heavy atom. The summed E-state index contributed by atoms with van der Waals surface area (Å²) in [5, 5.41) is 4.32. The summed E-state index contributed by atoms with van der Waals surface area (Å²) in [5.41, 5.74) is 7.12. The highest BCUT2D eigenvalue weighted by Gasteiger charge is 2.25. The van der Waals surface area contributed by atoms with E-state index >= 15 is 0 Å². The highest BCUT2D eigenvalue weighted by Crippen LogP contribution is 2.21. The molecule has 0 saturated carbocycles. The van der Waals surface area contributed by atoms with Gasteiger partial charge in [0.05, 0.1) is 24.9 Å². The molecule has 0 aliphatic carbocycles. The van der Waals surface area contributed by atoms with Crippen LogP contribution in [0.25, 0.3) is 0 Å². The van der Waals surface area contributed by atoms with Crippen molar-refractivity contribution < 1.29 is 4.74 Å². The number of aryl methyl sites for hydroxylation is 1. The van der Waals surface area contributed by atoms with E-state index < -0.39 is 0 Å². The first-order valence-corrected chi connectivity index (χ1v) is 6.32. The molecule has 1 saturated heterocycles. The van der Waals surface area contributed by atoms with Crippen LogP contribution in [0.1, 0.15) is 25.5 Å². The maximum Gasteiger partial charge on any atom is 0.0674 e. The summed E-state index contributed by atoms with van der Waals surface area (Å²) in [6.07, 6.45) is 4.32. The maximum absolute atomic E-state index is 5.91. The maximum atomic E-state index is 5.91. The molecule has 17 heavy (non-hydrogen) atoms. The van der Waals surface area contributed by atoms with Crippen molar-refractivity contribution in [3.05, 3.63) is 18.0 Å². The van der Waals surface area contributed by atoms with Gasteiger partial charge >= 0.3 is 0 Å². The van der Waals surface area contributed by atoms with Crippen LogP contribution in [0, 0.1) is 0 Å². The van der Waals surface area contributed by atoms with Gasteiger partial charge in [-0.15, -0.1) is 0 Å². The lowest BCUT2D eigenvalue weighted by Gasteiger charge is -2.36. The predicted octanol–water partition coefficient (Wildman–Crippen LogP) is 0.624. The molecule has 96 valence electrons. The molecule has 2 unspecified atom stereocenters. The van der Waals surface area contributed by atoms with Crippen LogP contribution in [-0.2, 0) is 11.3 Å². The van der Waals surface area contributed by atoms with Gasteiger partial charge in [0.1, 0.15) is 0 Å². The molecular formula is C12H22N4O. The Bertz CT molecular complexity index is 352. The van der Waals surface area contributed by atoms with E-state index in [1.807, 2.05) is 10.9 Å². The molecule has 2 N–H and O–H groups in total. The molecule has 5 heteroatoms. The largest absolute Gasteiger partial charge is 0.376 e. The quantitative estimate of drug-likeness (QED) is 0.835. The minimum atomic E-state index is 0.265. The van der Waals surface area contributed by atoms with Crippen LogP contribution in [0.4, 0.5) is 0 Å². The molecule has 5 nitrogen and oxygen atoms in total. The Balaban J connectivity index is 2.09. The van der Waals surface area contributed by atoms with E-state index in [2.05, 4.69) is 30.0 Å². The van der Waals surface area contributed by atoms with Crippen LogP contribution in [0.5, 0.6) is 0 Å². The van der Waals surface area contributed by atoms with Crippen LogP contribution in [0.2, 0.25) is 0 Å². The minimum absolute atomic E-state index is 0.265. The van der Waals surface area contributed by atoms with E-state index in [9.17, 15) is 0 Å². The third-order valence-electron chi connectivity index (χ3n) is 3.30. The highest BCUT2D eigenvalue weighted by molar-refractivity contribution is 5.11. The third-order valence-corrected chi connectivity index (χ3v) is 3.30. The molecule has 0 aromatic carbocycles. The Hall–Kier alpha value is -0.910. The average molecular weight is 238 g/mol. The molecule has 1 aliphatic heterocycles. The van der Waals surface area contributed by atoms with Gasteiger partial charge in [0.15, 0.2) is 0 Å². The fraction of sp³-hybridized carbons (Fsp3) is 0.750. The average Bonchev–Trinajstić information content (AvgIpc) is 2.79. The van der Waals surface area contributed by atoms with Crippen LogP contribution in [0.3, 0.4) is 0 Å². The van der Waals surface area contributed by atoms with Gasteiger partial charge in [0, 0.05) is 37.9 Å². The summed E-state index contributed by atoms with van der Waals surface area (Å²) in [5.74, 6) is 0. The zero-order valence-electron chi connectivity index (χ0n) is 10.7. The number of nitrogens with zero attached hydrogens (tertiary/aromatic N) is 3. The zero-order chi connectivity index (χ0) is 12.3. The van der Waals surface area contributed by atoms with Crippen molar-refractivity contribution in [1.82, 2.24) is 14.7 Å². The van der Waals surface area contributed by atoms with Crippen molar-refractivity contribution in [3.8, 4) is 0 Å². The number of nitrogens with two attached hydrogens (primary N) is 1. The van der Waals surface area contributed by atoms with Gasteiger partial charge in [-0.3, -0.25) is 9.58 Å². The topological polar surface area (TPSA) is 56.3 Å². The first kappa shape index (κ1) is 12.5. The van der Waals surface area contributed by atoms with E-state index in [-0.39, 0.29) is 6.04 Å². The Morgan fingerprint density at radius 2 is 2.47 bits per heavy atom. The van der Waals surface area contributed by atoms with Gasteiger partial charge in [-0.2, -0.15) is 5.10 Å². The zero-order valence-corrected chi connectivity index (χ0v) is 10.7. The lowest BCUT2D eigenvalue weighted by atomic mass is 10.1. The smallest absolute Gasteiger partial charge is 0.0674 e. The summed E-state index contributed by atoms with van der Waals surface area (Å²) in [4.78, 5) is 2.39. The molecule has 1 fully saturated rings. The number of hydrogen-bond donors (Lipinski definition) is 1. The molecule has 0 amide bonds. The van der Waals surface area contributed by atoms with Crippen molar-refractivity contribution >= 4 is 0 Å². The van der Waals surface area contributed by atoms with E-state index in [0.717, 1.165) is 26.2 Å². The van der Waals surface area contributed by atoms with Crippen molar-refractivity contribution in [3.63, 3.8) is 0 Å². The number of aromatic nitrogens is 2. The van der Waals surface area contributed by atoms with Gasteiger partial charge in [0.2, 0.25) is 0 Å². The third kappa shape index (κ3) is 2.86. The second-order valence-electron chi connectivity index (χ2n) is 4.56. The van der Waals surface area contributed by atoms with Crippen molar-refractivity contribution in [2.75, 3.05) is 26.2 Å². The predicted molar refractivity (Wildman–Crippen MR) is 66.7 cm³/mol. The van der Waals surface area contributed by atoms with E-state index in [1.165, 1.54) is 5.56 Å². The minimum Gasteiger partial charge on any atom is -0.376 e.